The van der Waals surface area contributed by atoms with Crippen molar-refractivity contribution in [3.05, 3.63) is 53.9 Å². The molecular formula is C18H25N3O2. The van der Waals surface area contributed by atoms with Gasteiger partial charge < -0.3 is 10.4 Å². The van der Waals surface area contributed by atoms with Crippen LogP contribution < -0.4 is 5.32 Å². The fraction of sp³-hybridized carbons (Fsp3) is 0.444. The molecule has 0 aliphatic rings. The van der Waals surface area contributed by atoms with Gasteiger partial charge in [0.15, 0.2) is 0 Å². The largest absolute Gasteiger partial charge is 0.390 e. The molecule has 0 radical (unpaired) electrons. The average molecular weight is 315 g/mol. The number of carbonyl (C=O) groups is 1. The number of hydrogen-bond donors (Lipinski definition) is 2. The zero-order valence-electron chi connectivity index (χ0n) is 14.0. The molecule has 2 rings (SSSR count). The first kappa shape index (κ1) is 17.2. The normalized spacial score (nSPS) is 12.9. The minimum Gasteiger partial charge on any atom is -0.390 e. The lowest BCUT2D eigenvalue weighted by Gasteiger charge is -2.17. The number of rotatable bonds is 7. The van der Waals surface area contributed by atoms with Crippen molar-refractivity contribution >= 4 is 5.91 Å². The van der Waals surface area contributed by atoms with Crippen molar-refractivity contribution < 1.29 is 9.90 Å². The molecule has 1 heterocycles. The van der Waals surface area contributed by atoms with Crippen LogP contribution in [0, 0.1) is 0 Å². The van der Waals surface area contributed by atoms with Crippen molar-refractivity contribution in [1.82, 2.24) is 15.1 Å². The Morgan fingerprint density at radius 2 is 2.17 bits per heavy atom. The van der Waals surface area contributed by atoms with E-state index in [2.05, 4.69) is 10.4 Å². The highest BCUT2D eigenvalue weighted by molar-refractivity contribution is 5.94. The van der Waals surface area contributed by atoms with Gasteiger partial charge >= 0.3 is 0 Å². The Morgan fingerprint density at radius 3 is 2.83 bits per heavy atom. The molecule has 1 atom stereocenters. The van der Waals surface area contributed by atoms with E-state index in [0.717, 1.165) is 12.0 Å². The van der Waals surface area contributed by atoms with Crippen LogP contribution in [0.3, 0.4) is 0 Å². The summed E-state index contributed by atoms with van der Waals surface area (Å²) in [6.07, 6.45) is 5.00. The van der Waals surface area contributed by atoms with Crippen molar-refractivity contribution in [3.8, 4) is 0 Å². The van der Waals surface area contributed by atoms with Gasteiger partial charge in [0.05, 0.1) is 12.1 Å². The molecule has 0 saturated heterocycles. The SMILES string of the molecule is C[C@H](Cn1cccn1)NC(=O)c1cccc(CCC(C)(C)O)c1. The fourth-order valence-corrected chi connectivity index (χ4v) is 2.36. The van der Waals surface area contributed by atoms with Crippen LogP contribution in [-0.4, -0.2) is 32.4 Å². The van der Waals surface area contributed by atoms with Crippen molar-refractivity contribution in [2.45, 2.75) is 51.8 Å². The van der Waals surface area contributed by atoms with Crippen LogP contribution >= 0.6 is 0 Å². The highest BCUT2D eigenvalue weighted by Crippen LogP contribution is 2.14. The molecule has 1 amide bonds. The first-order valence-corrected chi connectivity index (χ1v) is 7.93. The highest BCUT2D eigenvalue weighted by atomic mass is 16.3. The maximum absolute atomic E-state index is 12.3. The maximum Gasteiger partial charge on any atom is 0.251 e. The van der Waals surface area contributed by atoms with Crippen LogP contribution in [0.5, 0.6) is 0 Å². The fourth-order valence-electron chi connectivity index (χ4n) is 2.36. The number of hydrogen-bond acceptors (Lipinski definition) is 3. The summed E-state index contributed by atoms with van der Waals surface area (Å²) in [6.45, 7) is 6.18. The van der Waals surface area contributed by atoms with Gasteiger partial charge in [-0.25, -0.2) is 0 Å². The van der Waals surface area contributed by atoms with E-state index in [1.807, 2.05) is 43.5 Å². The first-order valence-electron chi connectivity index (χ1n) is 7.93. The van der Waals surface area contributed by atoms with E-state index in [4.69, 9.17) is 0 Å². The second-order valence-corrected chi connectivity index (χ2v) is 6.62. The van der Waals surface area contributed by atoms with Gasteiger partial charge in [0.2, 0.25) is 0 Å². The molecule has 0 spiro atoms. The van der Waals surface area contributed by atoms with Gasteiger partial charge in [0.1, 0.15) is 0 Å². The molecule has 0 aliphatic heterocycles. The third-order valence-electron chi connectivity index (χ3n) is 3.61. The maximum atomic E-state index is 12.3. The number of amides is 1. The Kier molecular flexibility index (Phi) is 5.55. The Labute approximate surface area is 137 Å². The Hall–Kier alpha value is -2.14. The lowest BCUT2D eigenvalue weighted by atomic mass is 9.98. The second-order valence-electron chi connectivity index (χ2n) is 6.62. The molecule has 0 fully saturated rings. The molecule has 5 nitrogen and oxygen atoms in total. The number of aryl methyl sites for hydroxylation is 1. The average Bonchev–Trinajstić information content (AvgIpc) is 2.97. The standard InChI is InChI=1S/C18H25N3O2/c1-14(13-21-11-5-10-19-21)20-17(22)16-7-4-6-15(12-16)8-9-18(2,3)23/h4-7,10-12,14,23H,8-9,13H2,1-3H3,(H,20,22)/t14-/m1/s1. The molecule has 0 unspecified atom stereocenters. The van der Waals surface area contributed by atoms with Gasteiger partial charge in [-0.1, -0.05) is 12.1 Å². The first-order chi connectivity index (χ1) is 10.8. The Bertz CT molecular complexity index is 630. The summed E-state index contributed by atoms with van der Waals surface area (Å²) in [5, 5.41) is 16.9. The molecule has 1 aromatic carbocycles. The second kappa shape index (κ2) is 7.42. The number of nitrogens with one attached hydrogen (secondary N) is 1. The Morgan fingerprint density at radius 1 is 1.39 bits per heavy atom. The molecule has 0 bridgehead atoms. The van der Waals surface area contributed by atoms with Crippen LogP contribution in [0.4, 0.5) is 0 Å². The van der Waals surface area contributed by atoms with Gasteiger partial charge in [0.25, 0.3) is 5.91 Å². The predicted molar refractivity (Wildman–Crippen MR) is 90.2 cm³/mol. The summed E-state index contributed by atoms with van der Waals surface area (Å²) in [7, 11) is 0. The summed E-state index contributed by atoms with van der Waals surface area (Å²) >= 11 is 0. The molecular weight excluding hydrogens is 290 g/mol. The lowest BCUT2D eigenvalue weighted by Crippen LogP contribution is -2.35. The number of aliphatic hydroxyl groups is 1. The van der Waals surface area contributed by atoms with Crippen molar-refractivity contribution in [1.29, 1.82) is 0 Å². The van der Waals surface area contributed by atoms with Crippen molar-refractivity contribution in [2.75, 3.05) is 0 Å². The van der Waals surface area contributed by atoms with E-state index in [9.17, 15) is 9.90 Å². The summed E-state index contributed by atoms with van der Waals surface area (Å²) < 4.78 is 1.80. The molecule has 0 saturated carbocycles. The number of aromatic nitrogens is 2. The molecule has 2 aromatic rings. The van der Waals surface area contributed by atoms with E-state index in [1.165, 1.54) is 0 Å². The molecule has 1 aromatic heterocycles. The zero-order chi connectivity index (χ0) is 16.9. The third-order valence-corrected chi connectivity index (χ3v) is 3.61. The van der Waals surface area contributed by atoms with Gasteiger partial charge in [-0.2, -0.15) is 5.10 Å². The zero-order valence-corrected chi connectivity index (χ0v) is 14.0. The topological polar surface area (TPSA) is 67.2 Å². The number of nitrogens with zero attached hydrogens (tertiary/aromatic N) is 2. The molecule has 2 N–H and O–H groups in total. The van der Waals surface area contributed by atoms with E-state index in [1.54, 1.807) is 24.7 Å². The van der Waals surface area contributed by atoms with Gasteiger partial charge in [-0.15, -0.1) is 0 Å². The number of carbonyl (C=O) groups excluding carboxylic acids is 1. The monoisotopic (exact) mass is 315 g/mol. The summed E-state index contributed by atoms with van der Waals surface area (Å²) in [4.78, 5) is 12.3. The minimum absolute atomic E-state index is 0.0116. The van der Waals surface area contributed by atoms with E-state index >= 15 is 0 Å². The van der Waals surface area contributed by atoms with E-state index in [0.29, 0.717) is 18.5 Å². The van der Waals surface area contributed by atoms with Gasteiger partial charge in [-0.3, -0.25) is 9.48 Å². The van der Waals surface area contributed by atoms with Crippen LogP contribution in [0.1, 0.15) is 43.1 Å². The number of benzene rings is 1. The van der Waals surface area contributed by atoms with Crippen LogP contribution in [-0.2, 0) is 13.0 Å². The van der Waals surface area contributed by atoms with Crippen LogP contribution in [0.2, 0.25) is 0 Å². The minimum atomic E-state index is -0.698. The predicted octanol–water partition coefficient (Wildman–Crippen LogP) is 2.41. The smallest absolute Gasteiger partial charge is 0.251 e. The van der Waals surface area contributed by atoms with Crippen molar-refractivity contribution in [3.63, 3.8) is 0 Å². The summed E-state index contributed by atoms with van der Waals surface area (Å²) in [5.74, 6) is -0.0882. The molecule has 0 aliphatic carbocycles. The lowest BCUT2D eigenvalue weighted by molar-refractivity contribution is 0.0714. The van der Waals surface area contributed by atoms with Gasteiger partial charge in [0, 0.05) is 24.0 Å². The van der Waals surface area contributed by atoms with Crippen LogP contribution in [0.25, 0.3) is 0 Å². The van der Waals surface area contributed by atoms with E-state index < -0.39 is 5.60 Å². The van der Waals surface area contributed by atoms with Crippen LogP contribution in [0.15, 0.2) is 42.7 Å². The molecule has 5 heteroatoms. The quantitative estimate of drug-likeness (QED) is 0.824. The molecule has 23 heavy (non-hydrogen) atoms. The third kappa shape index (κ3) is 5.87. The van der Waals surface area contributed by atoms with Crippen molar-refractivity contribution in [2.24, 2.45) is 0 Å². The Balaban J connectivity index is 1.93. The molecule has 124 valence electrons. The van der Waals surface area contributed by atoms with E-state index in [-0.39, 0.29) is 11.9 Å². The summed E-state index contributed by atoms with van der Waals surface area (Å²) in [5.41, 5.74) is 1.00. The van der Waals surface area contributed by atoms with Gasteiger partial charge in [-0.05, 0) is 57.4 Å². The summed E-state index contributed by atoms with van der Waals surface area (Å²) in [6, 6.07) is 9.41. The highest BCUT2D eigenvalue weighted by Gasteiger charge is 2.14.